The molecule has 1 aliphatic heterocycles. The van der Waals surface area contributed by atoms with Crippen LogP contribution in [0.2, 0.25) is 0 Å². The van der Waals surface area contributed by atoms with Gasteiger partial charge in [0, 0.05) is 45.2 Å². The maximum atomic E-state index is 12.4. The molecular weight excluding hydrogens is 334 g/mol. The molecule has 1 aliphatic rings. The molecule has 120 valence electrons. The molecule has 0 aromatic carbocycles. The second-order valence-electron chi connectivity index (χ2n) is 4.96. The first kappa shape index (κ1) is 16.8. The van der Waals surface area contributed by atoms with Crippen LogP contribution in [0.5, 0.6) is 0 Å². The van der Waals surface area contributed by atoms with Crippen LogP contribution in [-0.2, 0) is 20.2 Å². The molecule has 2 rings (SSSR count). The van der Waals surface area contributed by atoms with Crippen molar-refractivity contribution in [3.8, 4) is 0 Å². The van der Waals surface area contributed by atoms with Crippen LogP contribution in [0.4, 0.5) is 0 Å². The van der Waals surface area contributed by atoms with Crippen molar-refractivity contribution in [2.75, 3.05) is 40.3 Å². The summed E-state index contributed by atoms with van der Waals surface area (Å²) in [5.74, 6) is 0. The number of hydrogen-bond donors (Lipinski definition) is 0. The lowest BCUT2D eigenvalue weighted by atomic mass is 10.4. The standard InChI is InChI=1S/C11H19N3O4S3/c1-10-4-5-11(19-10)20(15,16)13-6-8-14(9-7-13)21(17,18)12(2)3/h4-5H,6-9H2,1-3H3. The molecule has 2 heterocycles. The van der Waals surface area contributed by atoms with Gasteiger partial charge in [-0.15, -0.1) is 11.3 Å². The summed E-state index contributed by atoms with van der Waals surface area (Å²) in [6, 6.07) is 3.36. The lowest BCUT2D eigenvalue weighted by molar-refractivity contribution is 0.263. The van der Waals surface area contributed by atoms with Gasteiger partial charge in [0.05, 0.1) is 0 Å². The molecule has 10 heteroatoms. The van der Waals surface area contributed by atoms with Crippen LogP contribution in [0.1, 0.15) is 4.88 Å². The van der Waals surface area contributed by atoms with Gasteiger partial charge >= 0.3 is 0 Å². The first-order chi connectivity index (χ1) is 9.65. The second kappa shape index (κ2) is 5.94. The fourth-order valence-corrected chi connectivity index (χ4v) is 6.00. The van der Waals surface area contributed by atoms with Crippen molar-refractivity contribution in [3.05, 3.63) is 17.0 Å². The maximum absolute atomic E-state index is 12.4. The minimum absolute atomic E-state index is 0.171. The average Bonchev–Trinajstić information content (AvgIpc) is 2.86. The first-order valence-electron chi connectivity index (χ1n) is 6.40. The Morgan fingerprint density at radius 3 is 1.95 bits per heavy atom. The Morgan fingerprint density at radius 1 is 1.00 bits per heavy atom. The first-order valence-corrected chi connectivity index (χ1v) is 10.1. The fourth-order valence-electron chi connectivity index (χ4n) is 2.05. The summed E-state index contributed by atoms with van der Waals surface area (Å²) in [5.41, 5.74) is 0. The number of hydrogen-bond acceptors (Lipinski definition) is 5. The SMILES string of the molecule is Cc1ccc(S(=O)(=O)N2CCN(S(=O)(=O)N(C)C)CC2)s1. The van der Waals surface area contributed by atoms with Gasteiger partial charge in [-0.3, -0.25) is 0 Å². The Morgan fingerprint density at radius 2 is 1.52 bits per heavy atom. The number of thiophene rings is 1. The number of sulfonamides is 1. The van der Waals surface area contributed by atoms with Gasteiger partial charge in [0.2, 0.25) is 0 Å². The summed E-state index contributed by atoms with van der Waals surface area (Å²) in [6.07, 6.45) is 0. The average molecular weight is 353 g/mol. The summed E-state index contributed by atoms with van der Waals surface area (Å²) >= 11 is 1.23. The van der Waals surface area contributed by atoms with Crippen LogP contribution in [0.25, 0.3) is 0 Å². The van der Waals surface area contributed by atoms with E-state index in [0.29, 0.717) is 4.21 Å². The van der Waals surface area contributed by atoms with Crippen molar-refractivity contribution in [1.29, 1.82) is 0 Å². The topological polar surface area (TPSA) is 78.0 Å². The van der Waals surface area contributed by atoms with Gasteiger partial charge < -0.3 is 0 Å². The molecule has 21 heavy (non-hydrogen) atoms. The van der Waals surface area contributed by atoms with E-state index in [0.717, 1.165) is 9.18 Å². The van der Waals surface area contributed by atoms with Crippen molar-refractivity contribution in [2.24, 2.45) is 0 Å². The molecule has 0 spiro atoms. The summed E-state index contributed by atoms with van der Waals surface area (Å²) in [6.45, 7) is 2.54. The number of nitrogens with zero attached hydrogens (tertiary/aromatic N) is 3. The van der Waals surface area contributed by atoms with Gasteiger partial charge in [0.25, 0.3) is 20.2 Å². The van der Waals surface area contributed by atoms with Crippen LogP contribution >= 0.6 is 11.3 Å². The van der Waals surface area contributed by atoms with E-state index in [4.69, 9.17) is 0 Å². The third kappa shape index (κ3) is 3.30. The van der Waals surface area contributed by atoms with Gasteiger partial charge in [-0.2, -0.15) is 21.3 Å². The smallest absolute Gasteiger partial charge is 0.206 e. The summed E-state index contributed by atoms with van der Waals surface area (Å²) in [5, 5.41) is 0. The van der Waals surface area contributed by atoms with Crippen LogP contribution in [0, 0.1) is 6.92 Å². The van der Waals surface area contributed by atoms with Crippen molar-refractivity contribution in [2.45, 2.75) is 11.1 Å². The van der Waals surface area contributed by atoms with E-state index in [1.54, 1.807) is 12.1 Å². The molecule has 1 saturated heterocycles. The summed E-state index contributed by atoms with van der Waals surface area (Å²) < 4.78 is 53.0. The highest BCUT2D eigenvalue weighted by atomic mass is 32.2. The molecule has 0 N–H and O–H groups in total. The fraction of sp³-hybridized carbons (Fsp3) is 0.636. The normalized spacial score (nSPS) is 19.2. The van der Waals surface area contributed by atoms with Crippen LogP contribution in [0.3, 0.4) is 0 Å². The van der Waals surface area contributed by atoms with Gasteiger partial charge in [-0.05, 0) is 19.1 Å². The number of rotatable bonds is 4. The van der Waals surface area contributed by atoms with E-state index in [-0.39, 0.29) is 26.2 Å². The van der Waals surface area contributed by atoms with Crippen LogP contribution < -0.4 is 0 Å². The van der Waals surface area contributed by atoms with Crippen molar-refractivity contribution in [3.63, 3.8) is 0 Å². The Bertz CT molecular complexity index is 701. The van der Waals surface area contributed by atoms with Gasteiger partial charge in [-0.25, -0.2) is 8.42 Å². The maximum Gasteiger partial charge on any atom is 0.281 e. The van der Waals surface area contributed by atoms with E-state index < -0.39 is 20.2 Å². The van der Waals surface area contributed by atoms with Crippen molar-refractivity contribution < 1.29 is 16.8 Å². The Kier molecular flexibility index (Phi) is 4.76. The Hall–Kier alpha value is -0.520. The molecule has 0 aliphatic carbocycles. The van der Waals surface area contributed by atoms with E-state index in [1.165, 1.54) is 34.0 Å². The molecule has 7 nitrogen and oxygen atoms in total. The molecule has 1 fully saturated rings. The molecular formula is C11H19N3O4S3. The molecule has 0 atom stereocenters. The van der Waals surface area contributed by atoms with E-state index in [9.17, 15) is 16.8 Å². The predicted octanol–water partition coefficient (Wildman–Crippen LogP) is 0.169. The molecule has 1 aromatic rings. The van der Waals surface area contributed by atoms with Crippen molar-refractivity contribution >= 4 is 31.6 Å². The quantitative estimate of drug-likeness (QED) is 0.773. The van der Waals surface area contributed by atoms with E-state index >= 15 is 0 Å². The van der Waals surface area contributed by atoms with Crippen LogP contribution in [0.15, 0.2) is 16.3 Å². The van der Waals surface area contributed by atoms with E-state index in [1.807, 2.05) is 6.92 Å². The third-order valence-corrected chi connectivity index (χ3v) is 8.60. The predicted molar refractivity (Wildman–Crippen MR) is 82.0 cm³/mol. The Labute approximate surface area is 130 Å². The molecule has 0 radical (unpaired) electrons. The zero-order valence-electron chi connectivity index (χ0n) is 12.2. The lowest BCUT2D eigenvalue weighted by Gasteiger charge is -2.34. The molecule has 1 aromatic heterocycles. The van der Waals surface area contributed by atoms with Crippen molar-refractivity contribution in [1.82, 2.24) is 12.9 Å². The summed E-state index contributed by atoms with van der Waals surface area (Å²) in [7, 11) is -4.06. The molecule has 0 amide bonds. The minimum Gasteiger partial charge on any atom is -0.206 e. The molecule has 0 bridgehead atoms. The highest BCUT2D eigenvalue weighted by molar-refractivity contribution is 7.91. The third-order valence-electron chi connectivity index (χ3n) is 3.30. The zero-order valence-corrected chi connectivity index (χ0v) is 14.6. The van der Waals surface area contributed by atoms with Gasteiger partial charge in [-0.1, -0.05) is 0 Å². The minimum atomic E-state index is -3.51. The molecule has 0 unspecified atom stereocenters. The monoisotopic (exact) mass is 353 g/mol. The summed E-state index contributed by atoms with van der Waals surface area (Å²) in [4.78, 5) is 0.933. The van der Waals surface area contributed by atoms with Gasteiger partial charge in [0.1, 0.15) is 4.21 Å². The largest absolute Gasteiger partial charge is 0.281 e. The van der Waals surface area contributed by atoms with Gasteiger partial charge in [0.15, 0.2) is 0 Å². The number of piperazine rings is 1. The highest BCUT2D eigenvalue weighted by Crippen LogP contribution is 2.25. The lowest BCUT2D eigenvalue weighted by Crippen LogP contribution is -2.52. The van der Waals surface area contributed by atoms with Crippen LogP contribution in [-0.4, -0.2) is 70.0 Å². The molecule has 0 saturated carbocycles. The van der Waals surface area contributed by atoms with E-state index in [2.05, 4.69) is 0 Å². The second-order valence-corrected chi connectivity index (χ2v) is 10.6. The zero-order chi connectivity index (χ0) is 15.8. The Balaban J connectivity index is 2.11. The highest BCUT2D eigenvalue weighted by Gasteiger charge is 2.34. The number of aryl methyl sites for hydroxylation is 1.